The van der Waals surface area contributed by atoms with Gasteiger partial charge in [0, 0.05) is 41.8 Å². The zero-order valence-electron chi connectivity index (χ0n) is 14.4. The molecular formula is C24H16N2. The smallest absolute Gasteiger partial charge is 0.0802 e. The molecule has 0 unspecified atom stereocenters. The van der Waals surface area contributed by atoms with Crippen molar-refractivity contribution < 1.29 is 0 Å². The Morgan fingerprint density at radius 2 is 1.46 bits per heavy atom. The van der Waals surface area contributed by atoms with E-state index in [9.17, 15) is 0 Å². The minimum Gasteiger partial charge on any atom is -0.356 e. The van der Waals surface area contributed by atoms with E-state index in [0.29, 0.717) is 0 Å². The van der Waals surface area contributed by atoms with Crippen LogP contribution in [0.25, 0.3) is 54.0 Å². The SMILES string of the molecule is Cn1cc2c(c1)c1c3cc4ccccc4cc3ccc1c1cccnc12. The Labute approximate surface area is 150 Å². The van der Waals surface area contributed by atoms with Crippen LogP contribution in [-0.2, 0) is 7.05 Å². The molecule has 0 radical (unpaired) electrons. The molecule has 0 saturated carbocycles. The lowest BCUT2D eigenvalue weighted by Crippen LogP contribution is -1.85. The molecule has 122 valence electrons. The number of benzene rings is 4. The van der Waals surface area contributed by atoms with Crippen LogP contribution < -0.4 is 0 Å². The summed E-state index contributed by atoms with van der Waals surface area (Å²) in [4.78, 5) is 4.69. The monoisotopic (exact) mass is 332 g/mol. The van der Waals surface area contributed by atoms with Crippen LogP contribution in [0, 0.1) is 0 Å². The van der Waals surface area contributed by atoms with E-state index in [4.69, 9.17) is 0 Å². The molecule has 0 amide bonds. The highest BCUT2D eigenvalue weighted by molar-refractivity contribution is 6.31. The van der Waals surface area contributed by atoms with Crippen LogP contribution in [0.1, 0.15) is 0 Å². The maximum atomic E-state index is 4.69. The van der Waals surface area contributed by atoms with E-state index in [0.717, 1.165) is 5.52 Å². The highest BCUT2D eigenvalue weighted by Gasteiger charge is 2.13. The Kier molecular flexibility index (Phi) is 2.57. The molecule has 0 aliphatic heterocycles. The van der Waals surface area contributed by atoms with Gasteiger partial charge in [-0.1, -0.05) is 42.5 Å². The summed E-state index contributed by atoms with van der Waals surface area (Å²) in [5.74, 6) is 0. The first-order valence-electron chi connectivity index (χ1n) is 8.87. The van der Waals surface area contributed by atoms with Crippen molar-refractivity contribution in [2.75, 3.05) is 0 Å². The molecule has 0 N–H and O–H groups in total. The highest BCUT2D eigenvalue weighted by atomic mass is 14.9. The summed E-state index contributed by atoms with van der Waals surface area (Å²) in [6.45, 7) is 0. The average molecular weight is 332 g/mol. The maximum absolute atomic E-state index is 4.69. The predicted octanol–water partition coefficient (Wildman–Crippen LogP) is 6.19. The predicted molar refractivity (Wildman–Crippen MR) is 111 cm³/mol. The Balaban J connectivity index is 1.97. The second-order valence-corrected chi connectivity index (χ2v) is 7.06. The molecule has 0 spiro atoms. The van der Waals surface area contributed by atoms with Crippen molar-refractivity contribution in [2.45, 2.75) is 0 Å². The van der Waals surface area contributed by atoms with Gasteiger partial charge in [0.1, 0.15) is 0 Å². The van der Waals surface area contributed by atoms with Crippen LogP contribution >= 0.6 is 0 Å². The molecule has 26 heavy (non-hydrogen) atoms. The third-order valence-electron chi connectivity index (χ3n) is 5.46. The molecule has 0 fully saturated rings. The molecule has 2 aromatic heterocycles. The van der Waals surface area contributed by atoms with Gasteiger partial charge in [0.2, 0.25) is 0 Å². The molecule has 4 aromatic carbocycles. The molecule has 0 saturated heterocycles. The number of nitrogens with zero attached hydrogens (tertiary/aromatic N) is 2. The van der Waals surface area contributed by atoms with Crippen LogP contribution in [0.4, 0.5) is 0 Å². The fourth-order valence-electron chi connectivity index (χ4n) is 4.34. The number of rotatable bonds is 0. The third kappa shape index (κ3) is 1.73. The Morgan fingerprint density at radius 3 is 2.35 bits per heavy atom. The summed E-state index contributed by atoms with van der Waals surface area (Å²) in [6, 6.07) is 21.9. The first kappa shape index (κ1) is 13.9. The fraction of sp³-hybridized carbons (Fsp3) is 0.0417. The van der Waals surface area contributed by atoms with Crippen molar-refractivity contribution in [3.8, 4) is 0 Å². The molecule has 0 bridgehead atoms. The van der Waals surface area contributed by atoms with Gasteiger partial charge >= 0.3 is 0 Å². The van der Waals surface area contributed by atoms with Crippen LogP contribution in [0.15, 0.2) is 79.3 Å². The first-order valence-corrected chi connectivity index (χ1v) is 8.87. The van der Waals surface area contributed by atoms with E-state index in [1.807, 2.05) is 12.3 Å². The second kappa shape index (κ2) is 4.83. The summed E-state index contributed by atoms with van der Waals surface area (Å²) in [6.07, 6.45) is 6.29. The average Bonchev–Trinajstić information content (AvgIpc) is 3.07. The summed E-state index contributed by atoms with van der Waals surface area (Å²) < 4.78 is 2.14. The van der Waals surface area contributed by atoms with Crippen molar-refractivity contribution in [1.82, 2.24) is 9.55 Å². The molecule has 0 aliphatic rings. The third-order valence-corrected chi connectivity index (χ3v) is 5.46. The van der Waals surface area contributed by atoms with E-state index in [-0.39, 0.29) is 0 Å². The van der Waals surface area contributed by atoms with Crippen molar-refractivity contribution in [2.24, 2.45) is 7.05 Å². The van der Waals surface area contributed by atoms with Crippen LogP contribution in [0.3, 0.4) is 0 Å². The Bertz CT molecular complexity index is 1490. The normalized spacial score (nSPS) is 12.0. The molecular weight excluding hydrogens is 316 g/mol. The molecule has 2 nitrogen and oxygen atoms in total. The Morgan fingerprint density at radius 1 is 0.654 bits per heavy atom. The molecule has 6 rings (SSSR count). The van der Waals surface area contributed by atoms with Gasteiger partial charge < -0.3 is 4.57 Å². The van der Waals surface area contributed by atoms with Gasteiger partial charge in [0.05, 0.1) is 5.52 Å². The van der Waals surface area contributed by atoms with Gasteiger partial charge in [0.15, 0.2) is 0 Å². The van der Waals surface area contributed by atoms with E-state index in [2.05, 4.69) is 83.6 Å². The highest BCUT2D eigenvalue weighted by Crippen LogP contribution is 2.39. The number of hydrogen-bond donors (Lipinski definition) is 0. The number of aromatic nitrogens is 2. The van der Waals surface area contributed by atoms with Gasteiger partial charge in [-0.05, 0) is 50.5 Å². The van der Waals surface area contributed by atoms with Crippen LogP contribution in [0.5, 0.6) is 0 Å². The zero-order chi connectivity index (χ0) is 17.3. The fourth-order valence-corrected chi connectivity index (χ4v) is 4.34. The minimum absolute atomic E-state index is 1.08. The van der Waals surface area contributed by atoms with Gasteiger partial charge in [-0.2, -0.15) is 0 Å². The van der Waals surface area contributed by atoms with Gasteiger partial charge in [-0.3, -0.25) is 4.98 Å². The summed E-state index contributed by atoms with van der Waals surface area (Å²) in [5.41, 5.74) is 1.08. The van der Waals surface area contributed by atoms with Gasteiger partial charge in [0.25, 0.3) is 0 Å². The molecule has 2 heterocycles. The topological polar surface area (TPSA) is 17.8 Å². The standard InChI is InChI=1S/C24H16N2/c1-26-13-21-22(14-26)24-19(7-4-10-25-24)18-9-8-17-11-15-5-2-3-6-16(15)12-20(17)23(18)21/h2-14H,1H3. The van der Waals surface area contributed by atoms with E-state index in [1.54, 1.807) is 0 Å². The molecule has 6 aromatic rings. The van der Waals surface area contributed by atoms with E-state index >= 15 is 0 Å². The van der Waals surface area contributed by atoms with E-state index < -0.39 is 0 Å². The number of aryl methyl sites for hydroxylation is 1. The quantitative estimate of drug-likeness (QED) is 0.240. The van der Waals surface area contributed by atoms with Gasteiger partial charge in [-0.15, -0.1) is 0 Å². The lowest BCUT2D eigenvalue weighted by molar-refractivity contribution is 0.934. The largest absolute Gasteiger partial charge is 0.356 e. The summed E-state index contributed by atoms with van der Waals surface area (Å²) >= 11 is 0. The van der Waals surface area contributed by atoms with E-state index in [1.165, 1.54) is 48.5 Å². The number of hydrogen-bond acceptors (Lipinski definition) is 1. The Hall–Kier alpha value is -3.39. The van der Waals surface area contributed by atoms with Crippen molar-refractivity contribution in [3.63, 3.8) is 0 Å². The van der Waals surface area contributed by atoms with Crippen molar-refractivity contribution in [3.05, 3.63) is 79.3 Å². The van der Waals surface area contributed by atoms with Crippen LogP contribution in [0.2, 0.25) is 0 Å². The molecule has 0 atom stereocenters. The summed E-state index contributed by atoms with van der Waals surface area (Å²) in [5, 5.41) is 11.5. The lowest BCUT2D eigenvalue weighted by Gasteiger charge is -2.10. The van der Waals surface area contributed by atoms with Gasteiger partial charge in [-0.25, -0.2) is 0 Å². The van der Waals surface area contributed by atoms with Crippen molar-refractivity contribution in [1.29, 1.82) is 0 Å². The molecule has 0 aliphatic carbocycles. The summed E-state index contributed by atoms with van der Waals surface area (Å²) in [7, 11) is 2.08. The molecule has 2 heteroatoms. The number of fused-ring (bicyclic) bond motifs is 9. The second-order valence-electron chi connectivity index (χ2n) is 7.06. The number of pyridine rings is 1. The zero-order valence-corrected chi connectivity index (χ0v) is 14.4. The minimum atomic E-state index is 1.08. The maximum Gasteiger partial charge on any atom is 0.0802 e. The lowest BCUT2D eigenvalue weighted by atomic mass is 9.93. The van der Waals surface area contributed by atoms with Crippen molar-refractivity contribution >= 4 is 54.0 Å². The first-order chi connectivity index (χ1) is 12.8. The van der Waals surface area contributed by atoms with Crippen LogP contribution in [-0.4, -0.2) is 9.55 Å².